The molecule has 1 aliphatic carbocycles. The van der Waals surface area contributed by atoms with Crippen LogP contribution in [0.4, 0.5) is 0 Å². The molecule has 7 heteroatoms. The van der Waals surface area contributed by atoms with Crippen LogP contribution in [0.15, 0.2) is 78.9 Å². The molecule has 7 nitrogen and oxygen atoms in total. The second-order valence-electron chi connectivity index (χ2n) is 11.0. The topological polar surface area (TPSA) is 99.1 Å². The Bertz CT molecular complexity index is 1620. The van der Waals surface area contributed by atoms with Crippen LogP contribution < -0.4 is 14.2 Å². The van der Waals surface area contributed by atoms with E-state index in [1.807, 2.05) is 42.5 Å². The molecule has 0 heterocycles. The molecule has 0 spiro atoms. The predicted octanol–water partition coefficient (Wildman–Crippen LogP) is 7.82. The highest BCUT2D eigenvalue weighted by molar-refractivity contribution is 5.97. The van der Waals surface area contributed by atoms with Crippen LogP contribution in [-0.2, 0) is 17.6 Å². The summed E-state index contributed by atoms with van der Waals surface area (Å²) in [5.41, 5.74) is 2.40. The molecule has 0 radical (unpaired) electrons. The molecular weight excluding hydrogens is 544 g/mol. The molecule has 5 rings (SSSR count). The monoisotopic (exact) mass is 580 g/mol. The molecule has 0 bridgehead atoms. The summed E-state index contributed by atoms with van der Waals surface area (Å²) in [6.45, 7) is 2.91. The van der Waals surface area contributed by atoms with Crippen molar-refractivity contribution < 1.29 is 33.7 Å². The van der Waals surface area contributed by atoms with E-state index in [4.69, 9.17) is 14.2 Å². The molecule has 1 N–H and O–H groups in total. The van der Waals surface area contributed by atoms with Gasteiger partial charge in [-0.15, -0.1) is 0 Å². The van der Waals surface area contributed by atoms with Crippen LogP contribution in [0, 0.1) is 5.92 Å². The summed E-state index contributed by atoms with van der Waals surface area (Å²) in [4.78, 5) is 37.3. The predicted molar refractivity (Wildman–Crippen MR) is 164 cm³/mol. The molecule has 0 fully saturated rings. The minimum atomic E-state index is -1.15. The van der Waals surface area contributed by atoms with E-state index in [0.29, 0.717) is 37.2 Å². The summed E-state index contributed by atoms with van der Waals surface area (Å²) in [5.74, 6) is -1.11. The summed E-state index contributed by atoms with van der Waals surface area (Å²) in [5, 5.41) is 11.3. The fourth-order valence-corrected chi connectivity index (χ4v) is 5.42. The number of hydrogen-bond donors (Lipinski definition) is 1. The number of carboxylic acids is 1. The lowest BCUT2D eigenvalue weighted by Gasteiger charge is -2.24. The maximum absolute atomic E-state index is 13.0. The third-order valence-electron chi connectivity index (χ3n) is 7.84. The molecule has 222 valence electrons. The lowest BCUT2D eigenvalue weighted by molar-refractivity contribution is -0.139. The zero-order valence-electron chi connectivity index (χ0n) is 24.3. The summed E-state index contributed by atoms with van der Waals surface area (Å²) < 4.78 is 17.1. The van der Waals surface area contributed by atoms with Crippen LogP contribution in [-0.4, -0.2) is 29.6 Å². The molecule has 1 atom stereocenters. The second kappa shape index (κ2) is 14.0. The zero-order valence-corrected chi connectivity index (χ0v) is 24.3. The van der Waals surface area contributed by atoms with Gasteiger partial charge in [0.05, 0.1) is 18.1 Å². The fourth-order valence-electron chi connectivity index (χ4n) is 5.42. The third kappa shape index (κ3) is 7.60. The number of carbonyl (C=O) groups excluding carboxylic acids is 2. The van der Waals surface area contributed by atoms with Crippen molar-refractivity contribution >= 4 is 28.7 Å². The highest BCUT2D eigenvalue weighted by Crippen LogP contribution is 2.31. The Hall–Kier alpha value is -4.65. The minimum Gasteiger partial charge on any atom is -0.494 e. The Morgan fingerprint density at radius 2 is 1.56 bits per heavy atom. The number of hydrogen-bond acceptors (Lipinski definition) is 6. The first kappa shape index (κ1) is 29.8. The number of unbranched alkanes of at least 4 members (excludes halogenated alkanes) is 4. The van der Waals surface area contributed by atoms with Gasteiger partial charge in [-0.1, -0.05) is 62.9 Å². The number of rotatable bonds is 12. The summed E-state index contributed by atoms with van der Waals surface area (Å²) in [6, 6.07) is 22.9. The van der Waals surface area contributed by atoms with E-state index in [1.165, 1.54) is 37.8 Å². The molecule has 0 aliphatic heterocycles. The van der Waals surface area contributed by atoms with E-state index in [2.05, 4.69) is 6.92 Å². The highest BCUT2D eigenvalue weighted by atomic mass is 16.5. The molecule has 4 aromatic carbocycles. The van der Waals surface area contributed by atoms with Gasteiger partial charge in [-0.25, -0.2) is 9.59 Å². The minimum absolute atomic E-state index is 0.0451. The molecule has 0 aromatic heterocycles. The van der Waals surface area contributed by atoms with Crippen molar-refractivity contribution in [3.05, 3.63) is 101 Å². The van der Waals surface area contributed by atoms with Gasteiger partial charge < -0.3 is 19.3 Å². The van der Waals surface area contributed by atoms with Crippen LogP contribution in [0.25, 0.3) is 10.8 Å². The average Bonchev–Trinajstić information content (AvgIpc) is 3.02. The maximum Gasteiger partial charge on any atom is 0.343 e. The third-order valence-corrected chi connectivity index (χ3v) is 7.84. The Balaban J connectivity index is 1.17. The number of fused-ring (bicyclic) bond motifs is 2. The van der Waals surface area contributed by atoms with Gasteiger partial charge in [0.2, 0.25) is 0 Å². The van der Waals surface area contributed by atoms with E-state index in [-0.39, 0.29) is 11.3 Å². The normalized spacial score (nSPS) is 14.1. The highest BCUT2D eigenvalue weighted by Gasteiger charge is 2.28. The van der Waals surface area contributed by atoms with E-state index in [9.17, 15) is 19.5 Å². The molecule has 1 unspecified atom stereocenters. The molecule has 43 heavy (non-hydrogen) atoms. The van der Waals surface area contributed by atoms with Crippen molar-refractivity contribution in [3.8, 4) is 17.2 Å². The van der Waals surface area contributed by atoms with Crippen molar-refractivity contribution in [1.82, 2.24) is 0 Å². The van der Waals surface area contributed by atoms with Crippen LogP contribution in [0.1, 0.15) is 77.3 Å². The summed E-state index contributed by atoms with van der Waals surface area (Å²) >= 11 is 0. The first-order valence-electron chi connectivity index (χ1n) is 15.0. The van der Waals surface area contributed by atoms with Crippen molar-refractivity contribution in [2.24, 2.45) is 5.92 Å². The van der Waals surface area contributed by atoms with E-state index in [0.717, 1.165) is 34.1 Å². The first-order valence-corrected chi connectivity index (χ1v) is 15.0. The first-order chi connectivity index (χ1) is 20.9. The van der Waals surface area contributed by atoms with Gasteiger partial charge in [0.1, 0.15) is 22.8 Å². The number of benzene rings is 4. The standard InChI is InChI=1S/C36H36O7/c1-2-3-4-5-8-19-41-30-17-15-24-20-28(13-11-26(24)22-30)35(39)42-31-18-16-25-21-29(14-12-27(25)23-31)36(40)43-33-10-7-6-9-32(33)34(37)38/h6-7,9-11,13,15-18,20,22-23,29H,2-5,8,12,14,19,21H2,1H3,(H,37,38). The summed E-state index contributed by atoms with van der Waals surface area (Å²) in [7, 11) is 0. The quantitative estimate of drug-likeness (QED) is 0.104. The van der Waals surface area contributed by atoms with Crippen molar-refractivity contribution in [1.29, 1.82) is 0 Å². The van der Waals surface area contributed by atoms with Gasteiger partial charge in [0.15, 0.2) is 0 Å². The zero-order chi connectivity index (χ0) is 30.2. The van der Waals surface area contributed by atoms with Crippen LogP contribution in [0.3, 0.4) is 0 Å². The summed E-state index contributed by atoms with van der Waals surface area (Å²) in [6.07, 6.45) is 7.58. The molecule has 0 saturated carbocycles. The van der Waals surface area contributed by atoms with E-state index >= 15 is 0 Å². The lowest BCUT2D eigenvalue weighted by Crippen LogP contribution is -2.27. The molecule has 4 aromatic rings. The van der Waals surface area contributed by atoms with Crippen molar-refractivity contribution in [2.75, 3.05) is 6.61 Å². The molecule has 0 saturated heterocycles. The Morgan fingerprint density at radius 1 is 0.791 bits per heavy atom. The average molecular weight is 581 g/mol. The number of para-hydroxylation sites is 1. The van der Waals surface area contributed by atoms with E-state index in [1.54, 1.807) is 24.3 Å². The van der Waals surface area contributed by atoms with Crippen LogP contribution in [0.2, 0.25) is 0 Å². The van der Waals surface area contributed by atoms with Gasteiger partial charge in [-0.2, -0.15) is 0 Å². The largest absolute Gasteiger partial charge is 0.494 e. The van der Waals surface area contributed by atoms with E-state index < -0.39 is 23.8 Å². The van der Waals surface area contributed by atoms with Gasteiger partial charge in [0, 0.05) is 0 Å². The number of esters is 2. The Morgan fingerprint density at radius 3 is 2.40 bits per heavy atom. The molecular formula is C36H36O7. The van der Waals surface area contributed by atoms with Crippen LogP contribution >= 0.6 is 0 Å². The number of aryl methyl sites for hydroxylation is 1. The number of carbonyl (C=O) groups is 3. The van der Waals surface area contributed by atoms with Gasteiger partial charge in [-0.3, -0.25) is 4.79 Å². The second-order valence-corrected chi connectivity index (χ2v) is 11.0. The van der Waals surface area contributed by atoms with Crippen molar-refractivity contribution in [3.63, 3.8) is 0 Å². The number of carboxylic acid groups (broad SMARTS) is 1. The molecule has 1 aliphatic rings. The lowest BCUT2D eigenvalue weighted by atomic mass is 9.84. The smallest absolute Gasteiger partial charge is 0.343 e. The maximum atomic E-state index is 13.0. The van der Waals surface area contributed by atoms with Gasteiger partial charge >= 0.3 is 17.9 Å². The Labute approximate surface area is 251 Å². The van der Waals surface area contributed by atoms with Crippen molar-refractivity contribution in [2.45, 2.75) is 58.3 Å². The fraction of sp³-hybridized carbons (Fsp3) is 0.306. The number of aromatic carboxylic acids is 1. The number of ether oxygens (including phenoxy) is 3. The van der Waals surface area contributed by atoms with Crippen LogP contribution in [0.5, 0.6) is 17.2 Å². The van der Waals surface area contributed by atoms with Gasteiger partial charge in [0.25, 0.3) is 0 Å². The SMILES string of the molecule is CCCCCCCOc1ccc2cc(C(=O)Oc3ccc4c(c3)CCC(C(=O)Oc3ccccc3C(=O)O)C4)ccc2c1. The van der Waals surface area contributed by atoms with Gasteiger partial charge in [-0.05, 0) is 96.1 Å². The molecule has 0 amide bonds. The Kier molecular flexibility index (Phi) is 9.72.